The second kappa shape index (κ2) is 8.43. The Morgan fingerprint density at radius 3 is 2.08 bits per heavy atom. The third-order valence-electron chi connectivity index (χ3n) is 3.32. The fourth-order valence-electron chi connectivity index (χ4n) is 2.24. The van der Waals surface area contributed by atoms with Crippen LogP contribution >= 0.6 is 12.2 Å². The molecule has 0 amide bonds. The molecule has 134 valence electrons. The quantitative estimate of drug-likeness (QED) is 0.401. The van der Waals surface area contributed by atoms with E-state index in [2.05, 4.69) is 12.2 Å². The Kier molecular flexibility index (Phi) is 7.12. The van der Waals surface area contributed by atoms with Gasteiger partial charge in [-0.15, -0.1) is 0 Å². The van der Waals surface area contributed by atoms with Gasteiger partial charge in [0, 0.05) is 5.92 Å². The molecule has 0 fully saturated rings. The average Bonchev–Trinajstić information content (AvgIpc) is 2.53. The van der Waals surface area contributed by atoms with Crippen molar-refractivity contribution in [2.24, 2.45) is 5.92 Å². The van der Waals surface area contributed by atoms with Crippen LogP contribution in [-0.2, 0) is 20.2 Å². The van der Waals surface area contributed by atoms with Gasteiger partial charge >= 0.3 is 0 Å². The SMILES string of the molecule is N=C=S.O=S(=O)(O)C1(S(=O)(=O)O)C=CC=CC1C=Cc1ccccc1. The topological polar surface area (TPSA) is 133 Å². The lowest BCUT2D eigenvalue weighted by atomic mass is 9.98. The molecule has 1 atom stereocenters. The lowest BCUT2D eigenvalue weighted by molar-refractivity contribution is 0.425. The van der Waals surface area contributed by atoms with Crippen LogP contribution in [0.15, 0.2) is 60.7 Å². The van der Waals surface area contributed by atoms with Crippen molar-refractivity contribution in [2.75, 3.05) is 0 Å². The van der Waals surface area contributed by atoms with Crippen molar-refractivity contribution in [3.63, 3.8) is 0 Å². The van der Waals surface area contributed by atoms with Crippen LogP contribution in [-0.4, -0.2) is 35.2 Å². The van der Waals surface area contributed by atoms with E-state index in [1.54, 1.807) is 35.5 Å². The molecule has 0 aliphatic heterocycles. The number of rotatable bonds is 4. The molecule has 0 spiro atoms. The molecule has 0 saturated heterocycles. The molecule has 0 radical (unpaired) electrons. The van der Waals surface area contributed by atoms with Gasteiger partial charge in [-0.25, -0.2) is 5.41 Å². The van der Waals surface area contributed by atoms with Gasteiger partial charge in [0.15, 0.2) is 0 Å². The van der Waals surface area contributed by atoms with E-state index >= 15 is 0 Å². The van der Waals surface area contributed by atoms with Crippen LogP contribution in [0.3, 0.4) is 0 Å². The van der Waals surface area contributed by atoms with Crippen LogP contribution in [0, 0.1) is 11.3 Å². The van der Waals surface area contributed by atoms with E-state index in [0.29, 0.717) is 5.56 Å². The number of hydrogen-bond donors (Lipinski definition) is 3. The molecule has 0 heterocycles. The van der Waals surface area contributed by atoms with Gasteiger partial charge < -0.3 is 0 Å². The normalized spacial score (nSPS) is 19.0. The smallest absolute Gasteiger partial charge is 0.284 e. The van der Waals surface area contributed by atoms with Gasteiger partial charge in [-0.05, 0) is 23.9 Å². The summed E-state index contributed by atoms with van der Waals surface area (Å²) in [7, 11) is -10.3. The summed E-state index contributed by atoms with van der Waals surface area (Å²) in [6.45, 7) is 0. The standard InChI is InChI=1S/C14H14O6S2.CHNS/c15-21(16,17)14(22(18,19)20)11-5-4-8-13(14)10-9-12-6-2-1-3-7-12;2-1-3/h1-11,13H,(H,15,16,17)(H,18,19,20);2H. The second-order valence-electron chi connectivity index (χ2n) is 4.81. The lowest BCUT2D eigenvalue weighted by Gasteiger charge is -2.30. The van der Waals surface area contributed by atoms with Gasteiger partial charge in [-0.2, -0.15) is 16.8 Å². The fourth-order valence-corrected chi connectivity index (χ4v) is 4.81. The first kappa shape index (κ1) is 21.1. The largest absolute Gasteiger partial charge is 0.292 e. The second-order valence-corrected chi connectivity index (χ2v) is 8.53. The van der Waals surface area contributed by atoms with Gasteiger partial charge in [0.05, 0.1) is 5.16 Å². The highest BCUT2D eigenvalue weighted by Crippen LogP contribution is 2.38. The van der Waals surface area contributed by atoms with Crippen LogP contribution in [0.4, 0.5) is 0 Å². The maximum Gasteiger partial charge on any atom is 0.292 e. The molecule has 0 saturated carbocycles. The van der Waals surface area contributed by atoms with Crippen LogP contribution in [0.25, 0.3) is 6.08 Å². The van der Waals surface area contributed by atoms with Crippen molar-refractivity contribution in [3.8, 4) is 0 Å². The summed E-state index contributed by atoms with van der Waals surface area (Å²) in [6.07, 6.45) is 7.44. The lowest BCUT2D eigenvalue weighted by Crippen LogP contribution is -2.50. The zero-order chi connectivity index (χ0) is 19.1. The Labute approximate surface area is 151 Å². The number of benzene rings is 1. The zero-order valence-electron chi connectivity index (χ0n) is 12.7. The molecule has 7 nitrogen and oxygen atoms in total. The first-order valence-corrected chi connectivity index (χ1v) is 9.96. The summed E-state index contributed by atoms with van der Waals surface area (Å²) in [4.78, 5) is 0. The predicted octanol–water partition coefficient (Wildman–Crippen LogP) is 2.58. The van der Waals surface area contributed by atoms with E-state index in [0.717, 1.165) is 12.2 Å². The first-order valence-electron chi connectivity index (χ1n) is 6.67. The van der Waals surface area contributed by atoms with Crippen molar-refractivity contribution in [1.82, 2.24) is 0 Å². The van der Waals surface area contributed by atoms with Crippen molar-refractivity contribution in [2.45, 2.75) is 4.08 Å². The molecule has 1 unspecified atom stereocenters. The molecule has 0 aromatic heterocycles. The van der Waals surface area contributed by atoms with E-state index in [9.17, 15) is 25.9 Å². The van der Waals surface area contributed by atoms with Crippen molar-refractivity contribution in [1.29, 1.82) is 5.41 Å². The summed E-state index contributed by atoms with van der Waals surface area (Å²) in [5.41, 5.74) is 0.713. The van der Waals surface area contributed by atoms with Crippen LogP contribution in [0.5, 0.6) is 0 Å². The van der Waals surface area contributed by atoms with E-state index in [4.69, 9.17) is 5.41 Å². The van der Waals surface area contributed by atoms with Crippen LogP contribution in [0.1, 0.15) is 5.56 Å². The van der Waals surface area contributed by atoms with Crippen molar-refractivity contribution >= 4 is 43.7 Å². The maximum absolute atomic E-state index is 11.7. The number of allylic oxidation sites excluding steroid dienone is 4. The summed E-state index contributed by atoms with van der Waals surface area (Å²) in [6, 6.07) is 8.79. The minimum Gasteiger partial charge on any atom is -0.284 e. The minimum atomic E-state index is -5.13. The molecule has 0 bridgehead atoms. The van der Waals surface area contributed by atoms with Gasteiger partial charge in [0.25, 0.3) is 20.2 Å². The van der Waals surface area contributed by atoms with Gasteiger partial charge in [-0.3, -0.25) is 9.11 Å². The molecule has 3 N–H and O–H groups in total. The molecule has 1 aromatic rings. The van der Waals surface area contributed by atoms with Gasteiger partial charge in [0.1, 0.15) is 0 Å². The molecular formula is C15H15NO6S3. The molecule has 2 rings (SSSR count). The number of isothiocyanates is 1. The fraction of sp³-hybridized carbons (Fsp3) is 0.133. The Morgan fingerprint density at radius 1 is 1.08 bits per heavy atom. The van der Waals surface area contributed by atoms with Crippen LogP contribution in [0.2, 0.25) is 0 Å². The van der Waals surface area contributed by atoms with Gasteiger partial charge in [-0.1, -0.05) is 60.7 Å². The predicted molar refractivity (Wildman–Crippen MR) is 98.4 cm³/mol. The van der Waals surface area contributed by atoms with Crippen molar-refractivity contribution < 1.29 is 25.9 Å². The van der Waals surface area contributed by atoms with Crippen molar-refractivity contribution in [3.05, 3.63) is 66.3 Å². The summed E-state index contributed by atoms with van der Waals surface area (Å²) >= 11 is 3.81. The average molecular weight is 401 g/mol. The Hall–Kier alpha value is -1.94. The summed E-state index contributed by atoms with van der Waals surface area (Å²) in [5.74, 6) is -1.28. The number of nitrogens with one attached hydrogen (secondary N) is 1. The van der Waals surface area contributed by atoms with E-state index < -0.39 is 30.2 Å². The minimum absolute atomic E-state index is 0.713. The molecule has 25 heavy (non-hydrogen) atoms. The Morgan fingerprint density at radius 2 is 1.60 bits per heavy atom. The third kappa shape index (κ3) is 4.79. The molecule has 1 aliphatic rings. The molecular weight excluding hydrogens is 386 g/mol. The van der Waals surface area contributed by atoms with Gasteiger partial charge in [0.2, 0.25) is 4.08 Å². The van der Waals surface area contributed by atoms with E-state index in [-0.39, 0.29) is 0 Å². The van der Waals surface area contributed by atoms with E-state index in [1.807, 2.05) is 0 Å². The maximum atomic E-state index is 11.7. The number of thiocarbonyl (C=S) groups is 1. The first-order chi connectivity index (χ1) is 11.6. The highest BCUT2D eigenvalue weighted by molar-refractivity contribution is 8.05. The molecule has 1 aliphatic carbocycles. The monoisotopic (exact) mass is 401 g/mol. The Balaban J connectivity index is 0.000000970. The third-order valence-corrected chi connectivity index (χ3v) is 7.02. The number of hydrogen-bond acceptors (Lipinski definition) is 6. The van der Waals surface area contributed by atoms with Crippen LogP contribution < -0.4 is 0 Å². The highest BCUT2D eigenvalue weighted by atomic mass is 32.3. The zero-order valence-corrected chi connectivity index (χ0v) is 15.1. The highest BCUT2D eigenvalue weighted by Gasteiger charge is 2.57. The Bertz CT molecular complexity index is 893. The summed E-state index contributed by atoms with van der Waals surface area (Å²) < 4.78 is 62.7. The molecule has 1 aromatic carbocycles. The van der Waals surface area contributed by atoms with E-state index in [1.165, 1.54) is 24.3 Å². The molecule has 10 heteroatoms. The summed E-state index contributed by atoms with van der Waals surface area (Å²) in [5, 5.41) is 7.36.